The molecule has 0 aliphatic heterocycles. The van der Waals surface area contributed by atoms with Crippen LogP contribution in [0.4, 0.5) is 0 Å². The molecule has 2 rings (SSSR count). The van der Waals surface area contributed by atoms with Crippen molar-refractivity contribution in [3.8, 4) is 5.75 Å². The molecule has 1 amide bonds. The van der Waals surface area contributed by atoms with Gasteiger partial charge in [0.15, 0.2) is 0 Å². The fourth-order valence-corrected chi connectivity index (χ4v) is 1.84. The molecule has 0 aliphatic rings. The lowest BCUT2D eigenvalue weighted by Crippen LogP contribution is -2.17. The Labute approximate surface area is 130 Å². The summed E-state index contributed by atoms with van der Waals surface area (Å²) in [5.74, 6) is 0.495. The van der Waals surface area contributed by atoms with E-state index in [9.17, 15) is 4.79 Å². The minimum atomic E-state index is -0.251. The molecule has 0 atom stereocenters. The molecule has 0 spiro atoms. The van der Waals surface area contributed by atoms with Gasteiger partial charge in [-0.3, -0.25) is 4.79 Å². The Morgan fingerprint density at radius 1 is 1.09 bits per heavy atom. The molecular formula is C18H20N2O2. The minimum Gasteiger partial charge on any atom is -0.491 e. The second kappa shape index (κ2) is 7.41. The van der Waals surface area contributed by atoms with Crippen LogP contribution < -0.4 is 10.2 Å². The van der Waals surface area contributed by atoms with Gasteiger partial charge in [0.05, 0.1) is 12.3 Å². The van der Waals surface area contributed by atoms with Gasteiger partial charge < -0.3 is 4.74 Å². The van der Waals surface area contributed by atoms with Crippen LogP contribution >= 0.6 is 0 Å². The van der Waals surface area contributed by atoms with E-state index in [2.05, 4.69) is 10.5 Å². The zero-order chi connectivity index (χ0) is 15.9. The van der Waals surface area contributed by atoms with E-state index < -0.39 is 0 Å². The van der Waals surface area contributed by atoms with Crippen molar-refractivity contribution in [3.63, 3.8) is 0 Å². The van der Waals surface area contributed by atoms with E-state index in [0.29, 0.717) is 5.56 Å². The highest BCUT2D eigenvalue weighted by Crippen LogP contribution is 2.13. The quantitative estimate of drug-likeness (QED) is 0.677. The summed E-state index contributed by atoms with van der Waals surface area (Å²) in [7, 11) is 0. The molecular weight excluding hydrogens is 276 g/mol. The Morgan fingerprint density at radius 2 is 1.73 bits per heavy atom. The summed E-state index contributed by atoms with van der Waals surface area (Å²) < 4.78 is 5.54. The number of rotatable bonds is 5. The average Bonchev–Trinajstić information content (AvgIpc) is 2.49. The second-order valence-electron chi connectivity index (χ2n) is 5.30. The van der Waals surface area contributed by atoms with E-state index in [0.717, 1.165) is 11.3 Å². The monoisotopic (exact) mass is 296 g/mol. The number of carbonyl (C=O) groups is 1. The molecule has 2 aromatic rings. The largest absolute Gasteiger partial charge is 0.491 e. The highest BCUT2D eigenvalue weighted by molar-refractivity contribution is 5.94. The van der Waals surface area contributed by atoms with Crippen LogP contribution in [-0.4, -0.2) is 18.2 Å². The first kappa shape index (κ1) is 15.8. The number of hydrazone groups is 1. The number of hydrogen-bond donors (Lipinski definition) is 1. The summed E-state index contributed by atoms with van der Waals surface area (Å²) in [6, 6.07) is 14.9. The molecule has 0 unspecified atom stereocenters. The summed E-state index contributed by atoms with van der Waals surface area (Å²) >= 11 is 0. The summed E-state index contributed by atoms with van der Waals surface area (Å²) in [5.41, 5.74) is 5.17. The third-order valence-corrected chi connectivity index (χ3v) is 2.95. The molecule has 0 bridgehead atoms. The van der Waals surface area contributed by atoms with Gasteiger partial charge in [-0.15, -0.1) is 0 Å². The fourth-order valence-electron chi connectivity index (χ4n) is 1.84. The number of aryl methyl sites for hydroxylation is 1. The molecule has 0 radical (unpaired) electrons. The van der Waals surface area contributed by atoms with Crippen molar-refractivity contribution >= 4 is 12.1 Å². The summed E-state index contributed by atoms with van der Waals surface area (Å²) in [4.78, 5) is 12.0. The van der Waals surface area contributed by atoms with Crippen molar-refractivity contribution in [3.05, 3.63) is 65.2 Å². The molecule has 0 aromatic heterocycles. The van der Waals surface area contributed by atoms with Gasteiger partial charge in [-0.1, -0.05) is 29.8 Å². The van der Waals surface area contributed by atoms with Crippen molar-refractivity contribution in [2.45, 2.75) is 26.9 Å². The Kier molecular flexibility index (Phi) is 5.31. The van der Waals surface area contributed by atoms with E-state index in [1.165, 1.54) is 5.56 Å². The maximum Gasteiger partial charge on any atom is 0.271 e. The smallest absolute Gasteiger partial charge is 0.271 e. The van der Waals surface area contributed by atoms with E-state index >= 15 is 0 Å². The van der Waals surface area contributed by atoms with Crippen molar-refractivity contribution in [2.75, 3.05) is 0 Å². The number of hydrogen-bond acceptors (Lipinski definition) is 3. The van der Waals surface area contributed by atoms with Gasteiger partial charge in [-0.05, 0) is 50.6 Å². The van der Waals surface area contributed by atoms with Gasteiger partial charge in [0, 0.05) is 5.56 Å². The third-order valence-electron chi connectivity index (χ3n) is 2.95. The predicted molar refractivity (Wildman–Crippen MR) is 88.4 cm³/mol. The first-order valence-electron chi connectivity index (χ1n) is 7.21. The van der Waals surface area contributed by atoms with Crippen LogP contribution in [0.15, 0.2) is 53.6 Å². The Bertz CT molecular complexity index is 644. The predicted octanol–water partition coefficient (Wildman–Crippen LogP) is 3.55. The van der Waals surface area contributed by atoms with Gasteiger partial charge in [0.25, 0.3) is 5.91 Å². The molecule has 2 aromatic carbocycles. The molecule has 114 valence electrons. The molecule has 0 saturated carbocycles. The molecule has 0 heterocycles. The SMILES string of the molecule is Cc1ccc(/C=N\NC(=O)c2ccc(OC(C)C)cc2)cc1. The lowest BCUT2D eigenvalue weighted by molar-refractivity contribution is 0.0955. The summed E-state index contributed by atoms with van der Waals surface area (Å²) in [5, 5.41) is 3.96. The molecule has 0 aliphatic carbocycles. The van der Waals surface area contributed by atoms with E-state index in [-0.39, 0.29) is 12.0 Å². The van der Waals surface area contributed by atoms with Crippen LogP contribution in [0.25, 0.3) is 0 Å². The Hall–Kier alpha value is -2.62. The molecule has 4 nitrogen and oxygen atoms in total. The molecule has 1 N–H and O–H groups in total. The maximum absolute atomic E-state index is 12.0. The Morgan fingerprint density at radius 3 is 2.32 bits per heavy atom. The van der Waals surface area contributed by atoms with E-state index in [1.807, 2.05) is 45.0 Å². The first-order valence-corrected chi connectivity index (χ1v) is 7.21. The number of ether oxygens (including phenoxy) is 1. The molecule has 4 heteroatoms. The van der Waals surface area contributed by atoms with Crippen LogP contribution in [-0.2, 0) is 0 Å². The standard InChI is InChI=1S/C18H20N2O2/c1-13(2)22-17-10-8-16(9-11-17)18(21)20-19-12-15-6-4-14(3)5-7-15/h4-13H,1-3H3,(H,20,21)/b19-12-. The van der Waals surface area contributed by atoms with Crippen molar-refractivity contribution in [2.24, 2.45) is 5.10 Å². The van der Waals surface area contributed by atoms with E-state index in [4.69, 9.17) is 4.74 Å². The molecule has 22 heavy (non-hydrogen) atoms. The zero-order valence-corrected chi connectivity index (χ0v) is 13.0. The van der Waals surface area contributed by atoms with Crippen LogP contribution in [0, 0.1) is 6.92 Å². The highest BCUT2D eigenvalue weighted by atomic mass is 16.5. The number of nitrogens with zero attached hydrogens (tertiary/aromatic N) is 1. The zero-order valence-electron chi connectivity index (χ0n) is 13.0. The van der Waals surface area contributed by atoms with Crippen LogP contribution in [0.2, 0.25) is 0 Å². The first-order chi connectivity index (χ1) is 10.5. The van der Waals surface area contributed by atoms with Crippen LogP contribution in [0.3, 0.4) is 0 Å². The van der Waals surface area contributed by atoms with Crippen LogP contribution in [0.5, 0.6) is 5.75 Å². The normalized spacial score (nSPS) is 10.9. The third kappa shape index (κ3) is 4.74. The molecule has 0 saturated heterocycles. The number of nitrogens with one attached hydrogen (secondary N) is 1. The average molecular weight is 296 g/mol. The van der Waals surface area contributed by atoms with Crippen molar-refractivity contribution in [1.82, 2.24) is 5.43 Å². The maximum atomic E-state index is 12.0. The number of benzene rings is 2. The fraction of sp³-hybridized carbons (Fsp3) is 0.222. The Balaban J connectivity index is 1.93. The highest BCUT2D eigenvalue weighted by Gasteiger charge is 2.04. The molecule has 0 fully saturated rings. The number of carbonyl (C=O) groups excluding carboxylic acids is 1. The van der Waals surface area contributed by atoms with Gasteiger partial charge in [-0.25, -0.2) is 5.43 Å². The van der Waals surface area contributed by atoms with Gasteiger partial charge in [0.1, 0.15) is 5.75 Å². The van der Waals surface area contributed by atoms with Crippen LogP contribution in [0.1, 0.15) is 35.3 Å². The second-order valence-corrected chi connectivity index (χ2v) is 5.30. The number of amides is 1. The summed E-state index contributed by atoms with van der Waals surface area (Å²) in [6.07, 6.45) is 1.73. The van der Waals surface area contributed by atoms with Gasteiger partial charge in [0.2, 0.25) is 0 Å². The summed E-state index contributed by atoms with van der Waals surface area (Å²) in [6.45, 7) is 5.94. The van der Waals surface area contributed by atoms with Gasteiger partial charge in [-0.2, -0.15) is 5.10 Å². The lowest BCUT2D eigenvalue weighted by Gasteiger charge is -2.09. The van der Waals surface area contributed by atoms with E-state index in [1.54, 1.807) is 30.5 Å². The van der Waals surface area contributed by atoms with Gasteiger partial charge >= 0.3 is 0 Å². The topological polar surface area (TPSA) is 50.7 Å². The lowest BCUT2D eigenvalue weighted by atomic mass is 10.2. The minimum absolute atomic E-state index is 0.110. The van der Waals surface area contributed by atoms with Crippen molar-refractivity contribution < 1.29 is 9.53 Å². The van der Waals surface area contributed by atoms with Crippen molar-refractivity contribution in [1.29, 1.82) is 0 Å².